The Morgan fingerprint density at radius 3 is 2.78 bits per heavy atom. The molecular formula is C19H19NO5S2. The summed E-state index contributed by atoms with van der Waals surface area (Å²) in [7, 11) is -2.94. The van der Waals surface area contributed by atoms with Crippen molar-refractivity contribution >= 4 is 27.5 Å². The van der Waals surface area contributed by atoms with Gasteiger partial charge in [0.1, 0.15) is 0 Å². The maximum absolute atomic E-state index is 12.7. The van der Waals surface area contributed by atoms with Crippen molar-refractivity contribution in [3.8, 4) is 11.5 Å². The van der Waals surface area contributed by atoms with Crippen molar-refractivity contribution in [2.75, 3.05) is 18.3 Å². The lowest BCUT2D eigenvalue weighted by Gasteiger charge is -2.13. The predicted octanol–water partition coefficient (Wildman–Crippen LogP) is 2.62. The Morgan fingerprint density at radius 1 is 1.15 bits per heavy atom. The molecule has 2 aromatic carbocycles. The molecule has 4 rings (SSSR count). The SMILES string of the molecule is O=C(NCc1ccc2c(c1)OCO2)c1ccccc1S[C@H]1CCS(=O)(=O)C1. The minimum atomic E-state index is -2.94. The third kappa shape index (κ3) is 4.22. The molecule has 1 N–H and O–H groups in total. The van der Waals surface area contributed by atoms with Gasteiger partial charge in [-0.05, 0) is 36.2 Å². The Balaban J connectivity index is 1.43. The molecule has 6 nitrogen and oxygen atoms in total. The van der Waals surface area contributed by atoms with Crippen molar-refractivity contribution in [2.24, 2.45) is 0 Å². The van der Waals surface area contributed by atoms with Crippen LogP contribution < -0.4 is 14.8 Å². The molecule has 0 aromatic heterocycles. The Bertz CT molecular complexity index is 974. The first-order chi connectivity index (χ1) is 13.0. The minimum absolute atomic E-state index is 0.00203. The third-order valence-electron chi connectivity index (χ3n) is 4.51. The van der Waals surface area contributed by atoms with Gasteiger partial charge >= 0.3 is 0 Å². The van der Waals surface area contributed by atoms with Gasteiger partial charge in [0.25, 0.3) is 5.91 Å². The van der Waals surface area contributed by atoms with Crippen LogP contribution >= 0.6 is 11.8 Å². The average Bonchev–Trinajstić information content (AvgIpc) is 3.25. The van der Waals surface area contributed by atoms with Gasteiger partial charge in [0.15, 0.2) is 21.3 Å². The molecule has 0 spiro atoms. The summed E-state index contributed by atoms with van der Waals surface area (Å²) in [6.07, 6.45) is 0.625. The molecule has 27 heavy (non-hydrogen) atoms. The molecule has 2 aliphatic rings. The Hall–Kier alpha value is -2.19. The number of hydrogen-bond acceptors (Lipinski definition) is 6. The number of ether oxygens (including phenoxy) is 2. The first kappa shape index (κ1) is 18.2. The van der Waals surface area contributed by atoms with Gasteiger partial charge in [-0.25, -0.2) is 8.42 Å². The van der Waals surface area contributed by atoms with Gasteiger partial charge in [-0.1, -0.05) is 18.2 Å². The molecule has 142 valence electrons. The third-order valence-corrected chi connectivity index (χ3v) is 7.83. The number of amides is 1. The fourth-order valence-corrected chi connectivity index (χ4v) is 6.75. The molecule has 0 unspecified atom stereocenters. The molecule has 0 saturated carbocycles. The van der Waals surface area contributed by atoms with Gasteiger partial charge < -0.3 is 14.8 Å². The number of thioether (sulfide) groups is 1. The molecule has 0 aliphatic carbocycles. The second-order valence-electron chi connectivity index (χ2n) is 6.51. The fourth-order valence-electron chi connectivity index (χ4n) is 3.12. The van der Waals surface area contributed by atoms with Gasteiger partial charge in [-0.2, -0.15) is 0 Å². The summed E-state index contributed by atoms with van der Waals surface area (Å²) in [5, 5.41) is 2.92. The highest BCUT2D eigenvalue weighted by Crippen LogP contribution is 2.34. The Labute approximate surface area is 162 Å². The van der Waals surface area contributed by atoms with Crippen LogP contribution in [-0.2, 0) is 16.4 Å². The summed E-state index contributed by atoms with van der Waals surface area (Å²) < 4.78 is 34.0. The number of carbonyl (C=O) groups excluding carboxylic acids is 1. The summed E-state index contributed by atoms with van der Waals surface area (Å²) in [6, 6.07) is 12.9. The van der Waals surface area contributed by atoms with Crippen LogP contribution in [0.3, 0.4) is 0 Å². The average molecular weight is 405 g/mol. The highest BCUT2D eigenvalue weighted by molar-refractivity contribution is 8.02. The molecule has 1 amide bonds. The Morgan fingerprint density at radius 2 is 1.96 bits per heavy atom. The summed E-state index contributed by atoms with van der Waals surface area (Å²) in [4.78, 5) is 13.5. The molecular weight excluding hydrogens is 386 g/mol. The van der Waals surface area contributed by atoms with E-state index < -0.39 is 9.84 Å². The fraction of sp³-hybridized carbons (Fsp3) is 0.316. The highest BCUT2D eigenvalue weighted by atomic mass is 32.2. The number of nitrogens with one attached hydrogen (secondary N) is 1. The first-order valence-electron chi connectivity index (χ1n) is 8.63. The normalized spacial score (nSPS) is 19.8. The number of hydrogen-bond donors (Lipinski definition) is 1. The summed E-state index contributed by atoms with van der Waals surface area (Å²) in [6.45, 7) is 0.582. The van der Waals surface area contributed by atoms with Crippen LogP contribution in [0.1, 0.15) is 22.3 Å². The van der Waals surface area contributed by atoms with Crippen LogP contribution in [0, 0.1) is 0 Å². The molecule has 2 aliphatic heterocycles. The molecule has 1 saturated heterocycles. The monoisotopic (exact) mass is 405 g/mol. The van der Waals surface area contributed by atoms with Crippen molar-refractivity contribution in [2.45, 2.75) is 23.1 Å². The van der Waals surface area contributed by atoms with E-state index in [-0.39, 0.29) is 29.5 Å². The lowest BCUT2D eigenvalue weighted by atomic mass is 10.1. The standard InChI is InChI=1S/C19H19NO5S2/c21-19(20-10-13-5-6-16-17(9-13)25-12-24-16)15-3-1-2-4-18(15)26-14-7-8-27(22,23)11-14/h1-6,9,14H,7-8,10-12H2,(H,20,21)/t14-/m0/s1. The molecule has 2 aromatic rings. The van der Waals surface area contributed by atoms with Crippen LogP contribution in [0.15, 0.2) is 47.4 Å². The highest BCUT2D eigenvalue weighted by Gasteiger charge is 2.29. The Kier molecular flexibility index (Phi) is 5.01. The number of rotatable bonds is 5. The van der Waals surface area contributed by atoms with Gasteiger partial charge in [0, 0.05) is 16.7 Å². The molecule has 8 heteroatoms. The van der Waals surface area contributed by atoms with Crippen molar-refractivity contribution in [1.82, 2.24) is 5.32 Å². The second kappa shape index (κ2) is 7.44. The zero-order chi connectivity index (χ0) is 18.9. The van der Waals surface area contributed by atoms with Gasteiger partial charge in [-0.15, -0.1) is 11.8 Å². The van der Waals surface area contributed by atoms with E-state index in [1.807, 2.05) is 36.4 Å². The smallest absolute Gasteiger partial charge is 0.252 e. The summed E-state index contributed by atoms with van der Waals surface area (Å²) >= 11 is 1.47. The van der Waals surface area contributed by atoms with E-state index in [0.717, 1.165) is 10.5 Å². The molecule has 2 heterocycles. The molecule has 0 bridgehead atoms. The minimum Gasteiger partial charge on any atom is -0.454 e. The van der Waals surface area contributed by atoms with E-state index in [0.29, 0.717) is 30.0 Å². The summed E-state index contributed by atoms with van der Waals surface area (Å²) in [5.74, 6) is 1.60. The van der Waals surface area contributed by atoms with Crippen molar-refractivity contribution in [1.29, 1.82) is 0 Å². The van der Waals surface area contributed by atoms with E-state index in [1.54, 1.807) is 6.07 Å². The summed E-state index contributed by atoms with van der Waals surface area (Å²) in [5.41, 5.74) is 1.48. The number of fused-ring (bicyclic) bond motifs is 1. The van der Waals surface area contributed by atoms with Gasteiger partial charge in [-0.3, -0.25) is 4.79 Å². The predicted molar refractivity (Wildman–Crippen MR) is 103 cm³/mol. The maximum Gasteiger partial charge on any atom is 0.252 e. The van der Waals surface area contributed by atoms with E-state index in [9.17, 15) is 13.2 Å². The zero-order valence-electron chi connectivity index (χ0n) is 14.5. The number of benzene rings is 2. The van der Waals surface area contributed by atoms with Crippen LogP contribution in [-0.4, -0.2) is 37.9 Å². The second-order valence-corrected chi connectivity index (χ2v) is 10.1. The van der Waals surface area contributed by atoms with Gasteiger partial charge in [0.05, 0.1) is 17.1 Å². The lowest BCUT2D eigenvalue weighted by Crippen LogP contribution is -2.23. The molecule has 1 fully saturated rings. The van der Waals surface area contributed by atoms with Crippen LogP contribution in [0.2, 0.25) is 0 Å². The molecule has 1 atom stereocenters. The largest absolute Gasteiger partial charge is 0.454 e. The molecule has 0 radical (unpaired) electrons. The maximum atomic E-state index is 12.7. The van der Waals surface area contributed by atoms with E-state index in [2.05, 4.69) is 5.32 Å². The van der Waals surface area contributed by atoms with Crippen LogP contribution in [0.5, 0.6) is 11.5 Å². The van der Waals surface area contributed by atoms with Crippen molar-refractivity contribution < 1.29 is 22.7 Å². The lowest BCUT2D eigenvalue weighted by molar-refractivity contribution is 0.0948. The van der Waals surface area contributed by atoms with E-state index in [4.69, 9.17) is 9.47 Å². The van der Waals surface area contributed by atoms with Crippen molar-refractivity contribution in [3.63, 3.8) is 0 Å². The van der Waals surface area contributed by atoms with E-state index in [1.165, 1.54) is 11.8 Å². The van der Waals surface area contributed by atoms with Crippen LogP contribution in [0.4, 0.5) is 0 Å². The zero-order valence-corrected chi connectivity index (χ0v) is 16.1. The first-order valence-corrected chi connectivity index (χ1v) is 11.3. The van der Waals surface area contributed by atoms with E-state index >= 15 is 0 Å². The number of carbonyl (C=O) groups is 1. The quantitative estimate of drug-likeness (QED) is 0.824. The van der Waals surface area contributed by atoms with Crippen LogP contribution in [0.25, 0.3) is 0 Å². The topological polar surface area (TPSA) is 81.7 Å². The van der Waals surface area contributed by atoms with Crippen molar-refractivity contribution in [3.05, 3.63) is 53.6 Å². The number of sulfone groups is 1. The van der Waals surface area contributed by atoms with Gasteiger partial charge in [0.2, 0.25) is 6.79 Å².